The minimum absolute atomic E-state index is 0.859. The number of nitrogens with one attached hydrogen (secondary N) is 1. The summed E-state index contributed by atoms with van der Waals surface area (Å²) < 4.78 is 0.859. The van der Waals surface area contributed by atoms with Gasteiger partial charge in [-0.2, -0.15) is 0 Å². The van der Waals surface area contributed by atoms with Gasteiger partial charge in [0.15, 0.2) is 5.13 Å². The van der Waals surface area contributed by atoms with E-state index in [9.17, 15) is 0 Å². The van der Waals surface area contributed by atoms with Crippen molar-refractivity contribution in [1.29, 1.82) is 0 Å². The predicted octanol–water partition coefficient (Wildman–Crippen LogP) is 5.32. The third-order valence-electron chi connectivity index (χ3n) is 2.73. The van der Waals surface area contributed by atoms with Crippen LogP contribution in [0.5, 0.6) is 0 Å². The number of hydrogen-bond donors (Lipinski definition) is 1. The van der Waals surface area contributed by atoms with Gasteiger partial charge in [-0.05, 0) is 27.6 Å². The lowest BCUT2D eigenvalue weighted by atomic mass is 10.0. The quantitative estimate of drug-likeness (QED) is 0.703. The maximum atomic E-state index is 4.36. The first-order chi connectivity index (χ1) is 9.33. The molecule has 1 aromatic heterocycles. The fraction of sp³-hybridized carbons (Fsp3) is 0. The molecule has 0 radical (unpaired) electrons. The summed E-state index contributed by atoms with van der Waals surface area (Å²) >= 11 is 4.95. The van der Waals surface area contributed by atoms with Gasteiger partial charge in [-0.1, -0.05) is 48.5 Å². The molecule has 0 saturated carbocycles. The zero-order valence-corrected chi connectivity index (χ0v) is 12.4. The van der Waals surface area contributed by atoms with Crippen molar-refractivity contribution in [2.75, 3.05) is 5.32 Å². The van der Waals surface area contributed by atoms with Crippen molar-refractivity contribution in [1.82, 2.24) is 4.98 Å². The van der Waals surface area contributed by atoms with Gasteiger partial charge in [0.25, 0.3) is 0 Å². The number of rotatable bonds is 3. The van der Waals surface area contributed by atoms with E-state index in [0.29, 0.717) is 0 Å². The summed E-state index contributed by atoms with van der Waals surface area (Å²) in [6.45, 7) is 0. The van der Waals surface area contributed by atoms with E-state index in [-0.39, 0.29) is 0 Å². The van der Waals surface area contributed by atoms with Crippen molar-refractivity contribution in [2.24, 2.45) is 0 Å². The zero-order chi connectivity index (χ0) is 13.1. The highest BCUT2D eigenvalue weighted by atomic mass is 79.9. The average Bonchev–Trinajstić information content (AvgIpc) is 2.86. The topological polar surface area (TPSA) is 24.9 Å². The van der Waals surface area contributed by atoms with Crippen molar-refractivity contribution in [3.63, 3.8) is 0 Å². The number of aromatic nitrogens is 1. The molecule has 3 aromatic rings. The highest BCUT2D eigenvalue weighted by molar-refractivity contribution is 9.10. The molecule has 0 saturated heterocycles. The van der Waals surface area contributed by atoms with Crippen LogP contribution in [0.3, 0.4) is 0 Å². The molecule has 94 valence electrons. The number of halogens is 1. The highest BCUT2D eigenvalue weighted by Gasteiger charge is 2.06. The van der Waals surface area contributed by atoms with Crippen LogP contribution in [0.15, 0.2) is 64.6 Å². The molecule has 0 amide bonds. The molecular weight excluding hydrogens is 320 g/mol. The third kappa shape index (κ3) is 2.85. The van der Waals surface area contributed by atoms with E-state index in [2.05, 4.69) is 50.5 Å². The van der Waals surface area contributed by atoms with Crippen LogP contribution in [0.1, 0.15) is 0 Å². The van der Waals surface area contributed by atoms with Crippen LogP contribution in [0.25, 0.3) is 11.1 Å². The third-order valence-corrected chi connectivity index (χ3v) is 4.20. The molecule has 2 aromatic carbocycles. The van der Waals surface area contributed by atoms with Crippen LogP contribution >= 0.6 is 27.3 Å². The highest BCUT2D eigenvalue weighted by Crippen LogP contribution is 2.31. The molecule has 0 unspecified atom stereocenters. The van der Waals surface area contributed by atoms with E-state index < -0.39 is 0 Å². The number of hydrogen-bond acceptors (Lipinski definition) is 3. The van der Waals surface area contributed by atoms with Crippen molar-refractivity contribution < 1.29 is 0 Å². The lowest BCUT2D eigenvalue weighted by Crippen LogP contribution is -1.92. The second kappa shape index (κ2) is 5.55. The van der Waals surface area contributed by atoms with Crippen LogP contribution < -0.4 is 5.32 Å². The van der Waals surface area contributed by atoms with Crippen molar-refractivity contribution in [3.8, 4) is 11.1 Å². The summed E-state index contributed by atoms with van der Waals surface area (Å²) in [4.78, 5) is 4.36. The molecule has 2 nitrogen and oxygen atoms in total. The first kappa shape index (κ1) is 12.4. The number of thiazole rings is 1. The molecular formula is C15H11BrN2S. The lowest BCUT2D eigenvalue weighted by molar-refractivity contribution is 1.34. The van der Waals surface area contributed by atoms with Gasteiger partial charge in [0.1, 0.15) is 4.60 Å². The van der Waals surface area contributed by atoms with Gasteiger partial charge < -0.3 is 5.32 Å². The Morgan fingerprint density at radius 1 is 0.947 bits per heavy atom. The molecule has 0 aliphatic carbocycles. The number of anilines is 2. The van der Waals surface area contributed by atoms with E-state index in [1.54, 1.807) is 11.3 Å². The summed E-state index contributed by atoms with van der Waals surface area (Å²) in [5, 5.41) is 6.22. The van der Waals surface area contributed by atoms with Crippen molar-refractivity contribution in [2.45, 2.75) is 0 Å². The molecule has 0 spiro atoms. The molecule has 1 heterocycles. The second-order valence-electron chi connectivity index (χ2n) is 4.01. The molecule has 3 rings (SSSR count). The fourth-order valence-corrected chi connectivity index (χ4v) is 3.04. The Labute approximate surface area is 124 Å². The van der Waals surface area contributed by atoms with E-state index in [0.717, 1.165) is 15.4 Å². The smallest absolute Gasteiger partial charge is 0.188 e. The molecule has 0 aliphatic heterocycles. The van der Waals surface area contributed by atoms with Crippen molar-refractivity contribution >= 4 is 38.1 Å². The molecule has 4 heteroatoms. The Morgan fingerprint density at radius 2 is 1.68 bits per heavy atom. The molecule has 19 heavy (non-hydrogen) atoms. The second-order valence-corrected chi connectivity index (χ2v) is 5.68. The van der Waals surface area contributed by atoms with E-state index in [4.69, 9.17) is 0 Å². The summed E-state index contributed by atoms with van der Waals surface area (Å²) in [5.41, 5.74) is 3.44. The Balaban J connectivity index is 1.98. The Bertz CT molecular complexity index is 679. The number of benzene rings is 2. The van der Waals surface area contributed by atoms with E-state index >= 15 is 0 Å². The Hall–Kier alpha value is -1.65. The predicted molar refractivity (Wildman–Crippen MR) is 85.0 cm³/mol. The average molecular weight is 331 g/mol. The van der Waals surface area contributed by atoms with Gasteiger partial charge in [0, 0.05) is 16.6 Å². The number of para-hydroxylation sites is 1. The Kier molecular flexibility index (Phi) is 3.62. The summed E-state index contributed by atoms with van der Waals surface area (Å²) in [5.74, 6) is 0. The van der Waals surface area contributed by atoms with Gasteiger partial charge in [-0.25, -0.2) is 4.98 Å². The van der Waals surface area contributed by atoms with Crippen LogP contribution in [-0.4, -0.2) is 4.98 Å². The summed E-state index contributed by atoms with van der Waals surface area (Å²) in [6, 6.07) is 18.6. The maximum absolute atomic E-state index is 4.36. The lowest BCUT2D eigenvalue weighted by Gasteiger charge is -2.10. The molecule has 0 bridgehead atoms. The zero-order valence-electron chi connectivity index (χ0n) is 10.0. The molecule has 0 fully saturated rings. The first-order valence-electron chi connectivity index (χ1n) is 5.85. The van der Waals surface area contributed by atoms with E-state index in [1.165, 1.54) is 11.1 Å². The van der Waals surface area contributed by atoms with Gasteiger partial charge in [-0.3, -0.25) is 0 Å². The maximum Gasteiger partial charge on any atom is 0.188 e. The molecule has 0 aliphatic rings. The fourth-order valence-electron chi connectivity index (χ4n) is 1.89. The van der Waals surface area contributed by atoms with Crippen LogP contribution in [0.2, 0.25) is 0 Å². The minimum Gasteiger partial charge on any atom is -0.331 e. The molecule has 0 atom stereocenters. The number of nitrogens with zero attached hydrogens (tertiary/aromatic N) is 1. The summed E-state index contributed by atoms with van der Waals surface area (Å²) in [6.07, 6.45) is 0. The van der Waals surface area contributed by atoms with Gasteiger partial charge in [0.05, 0.1) is 0 Å². The normalized spacial score (nSPS) is 10.4. The van der Waals surface area contributed by atoms with Crippen LogP contribution in [0.4, 0.5) is 10.8 Å². The first-order valence-corrected chi connectivity index (χ1v) is 7.53. The van der Waals surface area contributed by atoms with E-state index in [1.807, 2.05) is 35.7 Å². The molecule has 1 N–H and O–H groups in total. The van der Waals surface area contributed by atoms with Crippen LogP contribution in [-0.2, 0) is 0 Å². The standard InChI is InChI=1S/C15H11BrN2S/c16-14-10-19-15(18-14)17-13-9-5-4-8-12(13)11-6-2-1-3-7-11/h1-10H,(H,17,18). The van der Waals surface area contributed by atoms with Gasteiger partial charge in [0.2, 0.25) is 0 Å². The minimum atomic E-state index is 0.859. The van der Waals surface area contributed by atoms with Gasteiger partial charge >= 0.3 is 0 Å². The summed E-state index contributed by atoms with van der Waals surface area (Å²) in [7, 11) is 0. The van der Waals surface area contributed by atoms with Crippen molar-refractivity contribution in [3.05, 3.63) is 64.6 Å². The van der Waals surface area contributed by atoms with Gasteiger partial charge in [-0.15, -0.1) is 11.3 Å². The van der Waals surface area contributed by atoms with Crippen LogP contribution in [0, 0.1) is 0 Å². The largest absolute Gasteiger partial charge is 0.331 e. The Morgan fingerprint density at radius 3 is 2.42 bits per heavy atom. The monoisotopic (exact) mass is 330 g/mol. The SMILES string of the molecule is Brc1csc(Nc2ccccc2-c2ccccc2)n1.